The summed E-state index contributed by atoms with van der Waals surface area (Å²) in [6.07, 6.45) is 1.02. The maximum atomic E-state index is 5.63. The van der Waals surface area contributed by atoms with Crippen molar-refractivity contribution >= 4 is 0 Å². The second-order valence-corrected chi connectivity index (χ2v) is 5.15. The van der Waals surface area contributed by atoms with Crippen molar-refractivity contribution in [3.05, 3.63) is 0 Å². The first-order valence-corrected chi connectivity index (χ1v) is 7.06. The van der Waals surface area contributed by atoms with Crippen molar-refractivity contribution in [1.29, 1.82) is 0 Å². The van der Waals surface area contributed by atoms with Crippen LogP contribution in [0.4, 0.5) is 0 Å². The van der Waals surface area contributed by atoms with Crippen molar-refractivity contribution in [1.82, 2.24) is 0 Å². The van der Waals surface area contributed by atoms with Gasteiger partial charge >= 0.3 is 0 Å². The Hall–Kier alpha value is -0.160. The topological polar surface area (TPSA) is 70.5 Å². The van der Waals surface area contributed by atoms with Gasteiger partial charge in [0.1, 0.15) is 0 Å². The zero-order valence-electron chi connectivity index (χ0n) is 13.2. The van der Waals surface area contributed by atoms with E-state index in [1.54, 1.807) is 0 Å². The van der Waals surface area contributed by atoms with Crippen LogP contribution in [-0.4, -0.2) is 38.5 Å². The second kappa shape index (κ2) is 11.9. The summed E-state index contributed by atoms with van der Waals surface area (Å²) >= 11 is 0. The highest BCUT2D eigenvalue weighted by atomic mass is 16.5. The Kier molecular flexibility index (Phi) is 13.3. The van der Waals surface area contributed by atoms with Gasteiger partial charge in [-0.2, -0.15) is 0 Å². The van der Waals surface area contributed by atoms with Gasteiger partial charge in [0, 0.05) is 17.5 Å². The maximum Gasteiger partial charge on any atom is 0.0615 e. The third-order valence-electron chi connectivity index (χ3n) is 2.52. The molecule has 0 rings (SSSR count). The monoisotopic (exact) mass is 262 g/mol. The average molecular weight is 262 g/mol. The molecule has 4 N–H and O–H groups in total. The lowest BCUT2D eigenvalue weighted by Gasteiger charge is -2.28. The Balaban J connectivity index is 0. The molecule has 2 unspecified atom stereocenters. The highest BCUT2D eigenvalue weighted by Crippen LogP contribution is 2.22. The van der Waals surface area contributed by atoms with E-state index in [9.17, 15) is 0 Å². The van der Waals surface area contributed by atoms with Crippen LogP contribution < -0.4 is 11.5 Å². The van der Waals surface area contributed by atoms with Gasteiger partial charge < -0.3 is 20.9 Å². The van der Waals surface area contributed by atoms with Gasteiger partial charge in [-0.15, -0.1) is 0 Å². The minimum absolute atomic E-state index is 0.0593. The molecule has 112 valence electrons. The molecule has 0 amide bonds. The lowest BCUT2D eigenvalue weighted by molar-refractivity contribution is -0.0193. The summed E-state index contributed by atoms with van der Waals surface area (Å²) in [6.45, 7) is 14.8. The van der Waals surface area contributed by atoms with E-state index in [0.717, 1.165) is 6.42 Å². The van der Waals surface area contributed by atoms with Crippen LogP contribution in [0.3, 0.4) is 0 Å². The summed E-state index contributed by atoms with van der Waals surface area (Å²) in [5, 5.41) is 0. The van der Waals surface area contributed by atoms with Crippen molar-refractivity contribution in [2.45, 2.75) is 60.0 Å². The molecule has 4 heteroatoms. The summed E-state index contributed by atoms with van der Waals surface area (Å²) in [6, 6.07) is 0.178. The van der Waals surface area contributed by atoms with Gasteiger partial charge in [-0.25, -0.2) is 0 Å². The van der Waals surface area contributed by atoms with E-state index in [0.29, 0.717) is 26.4 Å². The normalized spacial score (nSPS) is 17.3. The van der Waals surface area contributed by atoms with E-state index in [1.807, 2.05) is 27.7 Å². The molecular weight excluding hydrogens is 228 g/mol. The lowest BCUT2D eigenvalue weighted by Crippen LogP contribution is -2.33. The Morgan fingerprint density at radius 1 is 0.944 bits per heavy atom. The van der Waals surface area contributed by atoms with Crippen molar-refractivity contribution < 1.29 is 9.47 Å². The lowest BCUT2D eigenvalue weighted by atomic mass is 9.90. The van der Waals surface area contributed by atoms with Crippen LogP contribution >= 0.6 is 0 Å². The van der Waals surface area contributed by atoms with Gasteiger partial charge in [-0.1, -0.05) is 27.7 Å². The first-order chi connectivity index (χ1) is 8.39. The minimum atomic E-state index is 0.0593. The fourth-order valence-corrected chi connectivity index (χ4v) is 1.23. The van der Waals surface area contributed by atoms with E-state index < -0.39 is 0 Å². The van der Waals surface area contributed by atoms with Gasteiger partial charge in [0.05, 0.1) is 26.4 Å². The third-order valence-corrected chi connectivity index (χ3v) is 2.52. The van der Waals surface area contributed by atoms with Crippen LogP contribution in [0.15, 0.2) is 0 Å². The maximum absolute atomic E-state index is 5.63. The number of nitrogens with two attached hydrogens (primary N) is 2. The third kappa shape index (κ3) is 12.3. The molecule has 0 saturated heterocycles. The Morgan fingerprint density at radius 2 is 1.28 bits per heavy atom. The van der Waals surface area contributed by atoms with Crippen LogP contribution in [0.25, 0.3) is 0 Å². The first-order valence-electron chi connectivity index (χ1n) is 7.06. The van der Waals surface area contributed by atoms with Crippen LogP contribution in [0.1, 0.15) is 48.0 Å². The predicted molar refractivity (Wildman–Crippen MR) is 78.7 cm³/mol. The standard InChI is InChI=1S/C12H28N2O2.C2H6/c1-5-12(4,8-15-6-10(2)13)9-16-7-11(3)14;1-2/h10-11H,5-9,13-14H2,1-4H3;1-2H3. The highest BCUT2D eigenvalue weighted by Gasteiger charge is 2.23. The molecule has 4 nitrogen and oxygen atoms in total. The number of hydrogen-bond donors (Lipinski definition) is 2. The molecular formula is C14H34N2O2. The molecule has 0 aliphatic heterocycles. The minimum Gasteiger partial charge on any atom is -0.379 e. The zero-order chi connectivity index (χ0) is 14.6. The van der Waals surface area contributed by atoms with Crippen LogP contribution in [0, 0.1) is 5.41 Å². The molecule has 0 saturated carbocycles. The molecule has 0 radical (unpaired) electrons. The molecule has 0 heterocycles. The first kappa shape index (κ1) is 20.2. The van der Waals surface area contributed by atoms with E-state index in [1.165, 1.54) is 0 Å². The van der Waals surface area contributed by atoms with Gasteiger partial charge in [0.15, 0.2) is 0 Å². The summed E-state index contributed by atoms with van der Waals surface area (Å²) < 4.78 is 11.1. The van der Waals surface area contributed by atoms with E-state index >= 15 is 0 Å². The summed E-state index contributed by atoms with van der Waals surface area (Å²) in [4.78, 5) is 0. The van der Waals surface area contributed by atoms with Gasteiger partial charge in [-0.3, -0.25) is 0 Å². The molecule has 0 aromatic carbocycles. The molecule has 0 aromatic rings. The summed E-state index contributed by atoms with van der Waals surface area (Å²) in [5.74, 6) is 0. The summed E-state index contributed by atoms with van der Waals surface area (Å²) in [7, 11) is 0. The molecule has 0 aliphatic carbocycles. The second-order valence-electron chi connectivity index (χ2n) is 5.15. The largest absolute Gasteiger partial charge is 0.379 e. The van der Waals surface area contributed by atoms with Gasteiger partial charge in [0.2, 0.25) is 0 Å². The van der Waals surface area contributed by atoms with E-state index in [2.05, 4.69) is 13.8 Å². The van der Waals surface area contributed by atoms with Crippen molar-refractivity contribution in [2.24, 2.45) is 16.9 Å². The fourth-order valence-electron chi connectivity index (χ4n) is 1.23. The molecule has 0 fully saturated rings. The Bertz CT molecular complexity index is 159. The van der Waals surface area contributed by atoms with Gasteiger partial charge in [0.25, 0.3) is 0 Å². The van der Waals surface area contributed by atoms with Crippen molar-refractivity contribution in [3.63, 3.8) is 0 Å². The quantitative estimate of drug-likeness (QED) is 0.668. The SMILES string of the molecule is CC.CCC(C)(COCC(C)N)COCC(C)N. The number of ether oxygens (including phenoxy) is 2. The van der Waals surface area contributed by atoms with Crippen molar-refractivity contribution in [3.8, 4) is 0 Å². The predicted octanol–water partition coefficient (Wildman–Crippen LogP) is 2.16. The molecule has 0 bridgehead atoms. The molecule has 2 atom stereocenters. The zero-order valence-corrected chi connectivity index (χ0v) is 13.2. The smallest absolute Gasteiger partial charge is 0.0615 e. The van der Waals surface area contributed by atoms with E-state index in [4.69, 9.17) is 20.9 Å². The fraction of sp³-hybridized carbons (Fsp3) is 1.00. The Morgan fingerprint density at radius 3 is 1.50 bits per heavy atom. The van der Waals surface area contributed by atoms with Crippen LogP contribution in [-0.2, 0) is 9.47 Å². The number of rotatable bonds is 9. The molecule has 18 heavy (non-hydrogen) atoms. The highest BCUT2D eigenvalue weighted by molar-refractivity contribution is 4.72. The average Bonchev–Trinajstić information content (AvgIpc) is 2.30. The molecule has 0 aliphatic rings. The van der Waals surface area contributed by atoms with Crippen molar-refractivity contribution in [2.75, 3.05) is 26.4 Å². The number of hydrogen-bond acceptors (Lipinski definition) is 4. The Labute approximate surface area is 113 Å². The van der Waals surface area contributed by atoms with Crippen LogP contribution in [0.5, 0.6) is 0 Å². The van der Waals surface area contributed by atoms with Gasteiger partial charge in [-0.05, 0) is 20.3 Å². The summed E-state index contributed by atoms with van der Waals surface area (Å²) in [5.41, 5.74) is 11.3. The van der Waals surface area contributed by atoms with Crippen LogP contribution in [0.2, 0.25) is 0 Å². The molecule has 0 aromatic heterocycles. The molecule has 0 spiro atoms. The van der Waals surface area contributed by atoms with E-state index in [-0.39, 0.29) is 17.5 Å².